The molecule has 0 unspecified atom stereocenters. The fourth-order valence-electron chi connectivity index (χ4n) is 3.20. The second-order valence-corrected chi connectivity index (χ2v) is 6.01. The summed E-state index contributed by atoms with van der Waals surface area (Å²) in [6.45, 7) is 2.04. The third kappa shape index (κ3) is 3.19. The molecular formula is C19H20FNO. The van der Waals surface area contributed by atoms with Crippen molar-refractivity contribution in [3.8, 4) is 0 Å². The van der Waals surface area contributed by atoms with Crippen molar-refractivity contribution in [3.63, 3.8) is 0 Å². The van der Waals surface area contributed by atoms with Crippen molar-refractivity contribution in [2.75, 3.05) is 5.32 Å². The van der Waals surface area contributed by atoms with Crippen molar-refractivity contribution in [1.29, 1.82) is 0 Å². The van der Waals surface area contributed by atoms with Gasteiger partial charge in [-0.2, -0.15) is 0 Å². The Kier molecular flexibility index (Phi) is 4.23. The summed E-state index contributed by atoms with van der Waals surface area (Å²) in [6.07, 6.45) is 2.48. The molecule has 2 aromatic carbocycles. The Morgan fingerprint density at radius 2 is 1.95 bits per heavy atom. The number of ketones is 1. The molecule has 0 spiro atoms. The van der Waals surface area contributed by atoms with E-state index in [-0.39, 0.29) is 17.8 Å². The van der Waals surface area contributed by atoms with E-state index in [0.29, 0.717) is 12.2 Å². The van der Waals surface area contributed by atoms with Crippen molar-refractivity contribution >= 4 is 11.5 Å². The summed E-state index contributed by atoms with van der Waals surface area (Å²) in [5.74, 6) is 0.0104. The van der Waals surface area contributed by atoms with Crippen LogP contribution in [-0.4, -0.2) is 5.78 Å². The van der Waals surface area contributed by atoms with Crippen LogP contribution >= 0.6 is 0 Å². The van der Waals surface area contributed by atoms with Crippen LogP contribution in [0.4, 0.5) is 10.1 Å². The van der Waals surface area contributed by atoms with Crippen LogP contribution in [-0.2, 0) is 4.79 Å². The van der Waals surface area contributed by atoms with Crippen molar-refractivity contribution in [1.82, 2.24) is 0 Å². The average molecular weight is 297 g/mol. The highest BCUT2D eigenvalue weighted by molar-refractivity contribution is 5.84. The van der Waals surface area contributed by atoms with Crippen molar-refractivity contribution in [2.45, 2.75) is 32.2 Å². The van der Waals surface area contributed by atoms with Crippen LogP contribution < -0.4 is 5.32 Å². The standard InChI is InChI=1S/C19H20FNO/c1-13-4-2-5-16(12-13)21-19(17-6-3-7-18(17)22)14-8-10-15(20)11-9-14/h2,4-5,8-12,17,19,21H,3,6-7H2,1H3/t17-,19+/m1/s1. The summed E-state index contributed by atoms with van der Waals surface area (Å²) < 4.78 is 13.2. The lowest BCUT2D eigenvalue weighted by atomic mass is 9.90. The predicted molar refractivity (Wildman–Crippen MR) is 86.3 cm³/mol. The highest BCUT2D eigenvalue weighted by atomic mass is 19.1. The first kappa shape index (κ1) is 14.8. The van der Waals surface area contributed by atoms with Gasteiger partial charge in [0.2, 0.25) is 0 Å². The van der Waals surface area contributed by atoms with E-state index < -0.39 is 0 Å². The van der Waals surface area contributed by atoms with Gasteiger partial charge in [-0.15, -0.1) is 0 Å². The van der Waals surface area contributed by atoms with Crippen LogP contribution in [0.3, 0.4) is 0 Å². The number of benzene rings is 2. The summed E-state index contributed by atoms with van der Waals surface area (Å²) in [7, 11) is 0. The Labute approximate surface area is 130 Å². The molecular weight excluding hydrogens is 277 g/mol. The minimum absolute atomic E-state index is 0.0361. The highest BCUT2D eigenvalue weighted by Gasteiger charge is 2.33. The van der Waals surface area contributed by atoms with Gasteiger partial charge in [-0.05, 0) is 55.2 Å². The van der Waals surface area contributed by atoms with Crippen LogP contribution in [0.2, 0.25) is 0 Å². The quantitative estimate of drug-likeness (QED) is 0.889. The number of hydrogen-bond acceptors (Lipinski definition) is 2. The minimum atomic E-state index is -0.254. The summed E-state index contributed by atoms with van der Waals surface area (Å²) >= 11 is 0. The smallest absolute Gasteiger partial charge is 0.138 e. The molecule has 0 radical (unpaired) electrons. The first-order chi connectivity index (χ1) is 10.6. The van der Waals surface area contributed by atoms with Gasteiger partial charge in [0.15, 0.2) is 0 Å². The summed E-state index contributed by atoms with van der Waals surface area (Å²) in [5.41, 5.74) is 3.12. The SMILES string of the molecule is Cc1cccc(N[C@@H](c2ccc(F)cc2)[C@@H]2CCCC2=O)c1. The first-order valence-electron chi connectivity index (χ1n) is 7.75. The normalized spacial score (nSPS) is 19.2. The number of Topliss-reactive ketones (excluding diaryl/α,β-unsaturated/α-hetero) is 1. The maximum absolute atomic E-state index is 13.2. The van der Waals surface area contributed by atoms with Crippen LogP contribution in [0.25, 0.3) is 0 Å². The molecule has 1 saturated carbocycles. The molecule has 3 heteroatoms. The fourth-order valence-corrected chi connectivity index (χ4v) is 3.20. The highest BCUT2D eigenvalue weighted by Crippen LogP contribution is 2.36. The molecule has 22 heavy (non-hydrogen) atoms. The Morgan fingerprint density at radius 3 is 2.59 bits per heavy atom. The van der Waals surface area contributed by atoms with Gasteiger partial charge in [0.25, 0.3) is 0 Å². The molecule has 0 heterocycles. The zero-order valence-corrected chi connectivity index (χ0v) is 12.7. The molecule has 3 rings (SSSR count). The van der Waals surface area contributed by atoms with Gasteiger partial charge in [-0.1, -0.05) is 24.3 Å². The number of carbonyl (C=O) groups excluding carboxylic acids is 1. The molecule has 0 saturated heterocycles. The van der Waals surface area contributed by atoms with Crippen molar-refractivity contribution in [2.24, 2.45) is 5.92 Å². The molecule has 2 aromatic rings. The van der Waals surface area contributed by atoms with Gasteiger partial charge in [0, 0.05) is 18.0 Å². The lowest BCUT2D eigenvalue weighted by molar-refractivity contribution is -0.121. The molecule has 0 aromatic heterocycles. The number of rotatable bonds is 4. The lowest BCUT2D eigenvalue weighted by Crippen LogP contribution is -2.24. The fraction of sp³-hybridized carbons (Fsp3) is 0.316. The maximum atomic E-state index is 13.2. The average Bonchev–Trinajstić information content (AvgIpc) is 2.92. The summed E-state index contributed by atoms with van der Waals surface area (Å²) in [6, 6.07) is 14.5. The number of aryl methyl sites for hydroxylation is 1. The van der Waals surface area contributed by atoms with Crippen molar-refractivity contribution in [3.05, 3.63) is 65.5 Å². The number of anilines is 1. The Bertz CT molecular complexity index is 665. The van der Waals surface area contributed by atoms with Gasteiger partial charge in [0.05, 0.1) is 6.04 Å². The Balaban J connectivity index is 1.92. The zero-order valence-electron chi connectivity index (χ0n) is 12.7. The van der Waals surface area contributed by atoms with Crippen LogP contribution in [0, 0.1) is 18.7 Å². The largest absolute Gasteiger partial charge is 0.377 e. The molecule has 2 atom stereocenters. The van der Waals surface area contributed by atoms with Gasteiger partial charge in [-0.25, -0.2) is 4.39 Å². The topological polar surface area (TPSA) is 29.1 Å². The van der Waals surface area contributed by atoms with E-state index in [1.54, 1.807) is 12.1 Å². The summed E-state index contributed by atoms with van der Waals surface area (Å²) in [5, 5.41) is 3.48. The summed E-state index contributed by atoms with van der Waals surface area (Å²) in [4.78, 5) is 12.2. The second kappa shape index (κ2) is 6.30. The van der Waals surface area contributed by atoms with E-state index >= 15 is 0 Å². The van der Waals surface area contributed by atoms with Crippen LogP contribution in [0.15, 0.2) is 48.5 Å². The van der Waals surface area contributed by atoms with Crippen LogP contribution in [0.5, 0.6) is 0 Å². The Hall–Kier alpha value is -2.16. The van der Waals surface area contributed by atoms with E-state index in [1.807, 2.05) is 25.1 Å². The number of halogens is 1. The third-order valence-electron chi connectivity index (χ3n) is 4.32. The third-order valence-corrected chi connectivity index (χ3v) is 4.32. The predicted octanol–water partition coefficient (Wildman–Crippen LogP) is 4.66. The molecule has 1 aliphatic rings. The van der Waals surface area contributed by atoms with Gasteiger partial charge in [0.1, 0.15) is 11.6 Å². The van der Waals surface area contributed by atoms with Crippen LogP contribution in [0.1, 0.15) is 36.4 Å². The zero-order chi connectivity index (χ0) is 15.5. The van der Waals surface area contributed by atoms with Gasteiger partial charge < -0.3 is 5.32 Å². The lowest BCUT2D eigenvalue weighted by Gasteiger charge is -2.25. The first-order valence-corrected chi connectivity index (χ1v) is 7.75. The number of nitrogens with one attached hydrogen (secondary N) is 1. The Morgan fingerprint density at radius 1 is 1.18 bits per heavy atom. The van der Waals surface area contributed by atoms with E-state index in [2.05, 4.69) is 11.4 Å². The van der Waals surface area contributed by atoms with E-state index in [9.17, 15) is 9.18 Å². The second-order valence-electron chi connectivity index (χ2n) is 6.01. The minimum Gasteiger partial charge on any atom is -0.377 e. The molecule has 0 amide bonds. The number of carbonyl (C=O) groups is 1. The van der Waals surface area contributed by atoms with E-state index in [0.717, 1.165) is 24.1 Å². The number of hydrogen-bond donors (Lipinski definition) is 1. The van der Waals surface area contributed by atoms with Crippen molar-refractivity contribution < 1.29 is 9.18 Å². The molecule has 0 bridgehead atoms. The molecule has 0 aliphatic heterocycles. The molecule has 1 aliphatic carbocycles. The molecule has 1 fully saturated rings. The van der Waals surface area contributed by atoms with E-state index in [1.165, 1.54) is 17.7 Å². The van der Waals surface area contributed by atoms with E-state index in [4.69, 9.17) is 0 Å². The molecule has 1 N–H and O–H groups in total. The maximum Gasteiger partial charge on any atom is 0.138 e. The molecule has 114 valence electrons. The molecule has 2 nitrogen and oxygen atoms in total. The monoisotopic (exact) mass is 297 g/mol. The van der Waals surface area contributed by atoms with Gasteiger partial charge in [-0.3, -0.25) is 4.79 Å². The van der Waals surface area contributed by atoms with Gasteiger partial charge >= 0.3 is 0 Å².